The third-order valence-electron chi connectivity index (χ3n) is 6.10. The molecule has 1 atom stereocenters. The van der Waals surface area contributed by atoms with Gasteiger partial charge in [0.2, 0.25) is 0 Å². The Hall–Kier alpha value is -2.65. The standard InChI is InChI=1S/C18H19ClN2O2.C7H8O3S/c19-14-3-1-2-13(10-14)16-4-5-17(23-16)18(22)20-15-11-21-8-6-12(15)7-9-21;8-11(9,10)6-7-4-2-1-3-5-7/h1-5,10,12,15H,6-9,11H2,(H,20,22);1-5H,6H2,(H,8,9,10)/t15-;/m0./s1. The van der Waals surface area contributed by atoms with Gasteiger partial charge in [-0.05, 0) is 61.7 Å². The lowest BCUT2D eigenvalue weighted by atomic mass is 9.84. The predicted octanol–water partition coefficient (Wildman–Crippen LogP) is 4.50. The molecule has 180 valence electrons. The first-order chi connectivity index (χ1) is 16.3. The van der Waals surface area contributed by atoms with Crippen molar-refractivity contribution in [1.29, 1.82) is 0 Å². The van der Waals surface area contributed by atoms with Gasteiger partial charge >= 0.3 is 0 Å². The molecule has 3 aliphatic heterocycles. The van der Waals surface area contributed by atoms with Crippen molar-refractivity contribution in [3.63, 3.8) is 0 Å². The molecule has 0 aliphatic carbocycles. The number of hydrogen-bond donors (Lipinski definition) is 2. The van der Waals surface area contributed by atoms with Gasteiger partial charge in [0.05, 0.1) is 0 Å². The molecule has 0 radical (unpaired) electrons. The van der Waals surface area contributed by atoms with Gasteiger partial charge in [0, 0.05) is 23.2 Å². The number of hydrogen-bond acceptors (Lipinski definition) is 5. The monoisotopic (exact) mass is 502 g/mol. The van der Waals surface area contributed by atoms with E-state index in [2.05, 4.69) is 10.2 Å². The molecular formula is C25H27ClN2O5S. The van der Waals surface area contributed by atoms with E-state index in [0.29, 0.717) is 28.0 Å². The lowest BCUT2D eigenvalue weighted by Crippen LogP contribution is -2.57. The number of carbonyl (C=O) groups excluding carboxylic acids is 1. The average Bonchev–Trinajstić information content (AvgIpc) is 3.31. The van der Waals surface area contributed by atoms with Crippen LogP contribution in [0.15, 0.2) is 71.1 Å². The summed E-state index contributed by atoms with van der Waals surface area (Å²) >= 11 is 6.00. The number of halogens is 1. The molecule has 6 rings (SSSR count). The summed E-state index contributed by atoms with van der Waals surface area (Å²) < 4.78 is 34.9. The van der Waals surface area contributed by atoms with Gasteiger partial charge in [0.25, 0.3) is 16.0 Å². The number of benzene rings is 2. The average molecular weight is 503 g/mol. The van der Waals surface area contributed by atoms with Crippen molar-refractivity contribution < 1.29 is 22.2 Å². The van der Waals surface area contributed by atoms with Gasteiger partial charge in [-0.1, -0.05) is 54.1 Å². The topological polar surface area (TPSA) is 99.9 Å². The molecule has 7 nitrogen and oxygen atoms in total. The molecule has 3 aliphatic rings. The van der Waals surface area contributed by atoms with Crippen molar-refractivity contribution in [2.45, 2.75) is 24.6 Å². The van der Waals surface area contributed by atoms with Crippen LogP contribution in [0, 0.1) is 5.92 Å². The minimum Gasteiger partial charge on any atom is -0.451 e. The lowest BCUT2D eigenvalue weighted by molar-refractivity contribution is 0.0606. The van der Waals surface area contributed by atoms with Crippen LogP contribution in [0.2, 0.25) is 5.02 Å². The van der Waals surface area contributed by atoms with E-state index in [1.807, 2.05) is 30.3 Å². The molecular weight excluding hydrogens is 476 g/mol. The Kier molecular flexibility index (Phi) is 7.73. The van der Waals surface area contributed by atoms with Gasteiger partial charge in [-0.2, -0.15) is 8.42 Å². The molecule has 0 saturated carbocycles. The molecule has 3 aromatic rings. The summed E-state index contributed by atoms with van der Waals surface area (Å²) in [5, 5.41) is 3.79. The van der Waals surface area contributed by atoms with E-state index in [9.17, 15) is 13.2 Å². The summed E-state index contributed by atoms with van der Waals surface area (Å²) in [6.07, 6.45) is 2.35. The summed E-state index contributed by atoms with van der Waals surface area (Å²) in [5.74, 6) is 1.18. The molecule has 9 heteroatoms. The smallest absolute Gasteiger partial charge is 0.287 e. The SMILES string of the molecule is O=C(N[C@H]1CN2CCC1CC2)c1ccc(-c2cccc(Cl)c2)o1.O=S(=O)(O)Cc1ccccc1. The van der Waals surface area contributed by atoms with Crippen LogP contribution in [0.25, 0.3) is 11.3 Å². The number of carbonyl (C=O) groups is 1. The maximum atomic E-state index is 12.5. The Bertz CT molecular complexity index is 1220. The molecule has 1 amide bonds. The predicted molar refractivity (Wildman–Crippen MR) is 131 cm³/mol. The van der Waals surface area contributed by atoms with E-state index < -0.39 is 10.1 Å². The summed E-state index contributed by atoms with van der Waals surface area (Å²) in [4.78, 5) is 14.9. The Morgan fingerprint density at radius 1 is 1.06 bits per heavy atom. The number of fused-ring (bicyclic) bond motifs is 3. The van der Waals surface area contributed by atoms with Gasteiger partial charge in [-0.25, -0.2) is 0 Å². The lowest BCUT2D eigenvalue weighted by Gasteiger charge is -2.44. The molecule has 2 N–H and O–H groups in total. The van der Waals surface area contributed by atoms with Crippen molar-refractivity contribution in [3.8, 4) is 11.3 Å². The molecule has 3 saturated heterocycles. The van der Waals surface area contributed by atoms with Gasteiger partial charge in [-0.3, -0.25) is 9.35 Å². The summed E-state index contributed by atoms with van der Waals surface area (Å²) in [7, 11) is -3.88. The number of rotatable bonds is 5. The molecule has 0 unspecified atom stereocenters. The number of piperidine rings is 3. The van der Waals surface area contributed by atoms with Crippen molar-refractivity contribution in [2.24, 2.45) is 5.92 Å². The number of nitrogens with one attached hydrogen (secondary N) is 1. The highest BCUT2D eigenvalue weighted by Gasteiger charge is 2.35. The van der Waals surface area contributed by atoms with Gasteiger partial charge in [-0.15, -0.1) is 0 Å². The molecule has 0 spiro atoms. The van der Waals surface area contributed by atoms with Crippen LogP contribution in [0.4, 0.5) is 0 Å². The largest absolute Gasteiger partial charge is 0.451 e. The second-order valence-electron chi connectivity index (χ2n) is 8.60. The van der Waals surface area contributed by atoms with Crippen LogP contribution < -0.4 is 5.32 Å². The minimum absolute atomic E-state index is 0.128. The molecule has 1 aromatic heterocycles. The van der Waals surface area contributed by atoms with Crippen molar-refractivity contribution >= 4 is 27.6 Å². The van der Waals surface area contributed by atoms with Crippen LogP contribution in [-0.4, -0.2) is 49.5 Å². The fourth-order valence-electron chi connectivity index (χ4n) is 4.41. The van der Waals surface area contributed by atoms with E-state index in [0.717, 1.165) is 25.2 Å². The highest BCUT2D eigenvalue weighted by Crippen LogP contribution is 2.28. The number of furan rings is 1. The van der Waals surface area contributed by atoms with Gasteiger partial charge in [0.15, 0.2) is 5.76 Å². The first kappa shape index (κ1) is 24.5. The van der Waals surface area contributed by atoms with Crippen molar-refractivity contribution in [3.05, 3.63) is 83.1 Å². The zero-order valence-corrected chi connectivity index (χ0v) is 20.1. The molecule has 4 heterocycles. The van der Waals surface area contributed by atoms with Crippen LogP contribution in [0.5, 0.6) is 0 Å². The van der Waals surface area contributed by atoms with Crippen LogP contribution in [0.1, 0.15) is 29.0 Å². The zero-order chi connectivity index (χ0) is 24.1. The second kappa shape index (κ2) is 10.7. The fraction of sp³-hybridized carbons (Fsp3) is 0.320. The Balaban J connectivity index is 0.000000210. The third-order valence-corrected chi connectivity index (χ3v) is 7.04. The van der Waals surface area contributed by atoms with Crippen LogP contribution in [0.3, 0.4) is 0 Å². The van der Waals surface area contributed by atoms with Crippen LogP contribution in [-0.2, 0) is 15.9 Å². The molecule has 34 heavy (non-hydrogen) atoms. The maximum Gasteiger partial charge on any atom is 0.287 e. The fourth-order valence-corrected chi connectivity index (χ4v) is 5.21. The van der Waals surface area contributed by atoms with Crippen molar-refractivity contribution in [2.75, 3.05) is 19.6 Å². The van der Waals surface area contributed by atoms with E-state index in [-0.39, 0.29) is 17.7 Å². The Morgan fingerprint density at radius 3 is 2.41 bits per heavy atom. The first-order valence-electron chi connectivity index (χ1n) is 11.1. The second-order valence-corrected chi connectivity index (χ2v) is 10.5. The molecule has 2 bridgehead atoms. The quantitative estimate of drug-likeness (QED) is 0.498. The summed E-state index contributed by atoms with van der Waals surface area (Å²) in [6.45, 7) is 3.28. The van der Waals surface area contributed by atoms with Crippen LogP contribution >= 0.6 is 11.6 Å². The normalized spacial score (nSPS) is 21.4. The molecule has 2 aromatic carbocycles. The van der Waals surface area contributed by atoms with E-state index in [4.69, 9.17) is 20.6 Å². The zero-order valence-electron chi connectivity index (χ0n) is 18.6. The summed E-state index contributed by atoms with van der Waals surface area (Å²) in [6, 6.07) is 19.7. The third kappa shape index (κ3) is 6.70. The Labute approximate surface area is 204 Å². The van der Waals surface area contributed by atoms with E-state index in [1.165, 1.54) is 12.8 Å². The van der Waals surface area contributed by atoms with Gasteiger partial charge in [0.1, 0.15) is 11.5 Å². The first-order valence-corrected chi connectivity index (χ1v) is 13.1. The van der Waals surface area contributed by atoms with E-state index >= 15 is 0 Å². The van der Waals surface area contributed by atoms with Crippen molar-refractivity contribution in [1.82, 2.24) is 10.2 Å². The molecule has 3 fully saturated rings. The maximum absolute atomic E-state index is 12.5. The number of amides is 1. The van der Waals surface area contributed by atoms with Gasteiger partial charge < -0.3 is 14.6 Å². The Morgan fingerprint density at radius 2 is 1.79 bits per heavy atom. The highest BCUT2D eigenvalue weighted by atomic mass is 35.5. The highest BCUT2D eigenvalue weighted by molar-refractivity contribution is 7.85. The summed E-state index contributed by atoms with van der Waals surface area (Å²) in [5.41, 5.74) is 1.47. The number of nitrogens with zero attached hydrogens (tertiary/aromatic N) is 1. The van der Waals surface area contributed by atoms with E-state index in [1.54, 1.807) is 36.4 Å². The minimum atomic E-state index is -3.88.